The topological polar surface area (TPSA) is 108 Å². The van der Waals surface area contributed by atoms with Crippen molar-refractivity contribution in [2.45, 2.75) is 6.04 Å². The van der Waals surface area contributed by atoms with Gasteiger partial charge < -0.3 is 25.9 Å². The van der Waals surface area contributed by atoms with Gasteiger partial charge in [-0.25, -0.2) is 9.18 Å². The number of amides is 2. The van der Waals surface area contributed by atoms with E-state index in [-0.39, 0.29) is 17.8 Å². The molecule has 0 aliphatic carbocycles. The first-order chi connectivity index (χ1) is 12.0. The van der Waals surface area contributed by atoms with Gasteiger partial charge in [-0.2, -0.15) is 0 Å². The molecule has 2 aromatic rings. The zero-order chi connectivity index (χ0) is 18.2. The highest BCUT2D eigenvalue weighted by Gasteiger charge is 2.15. The maximum Gasteiger partial charge on any atom is 0.405 e. The number of anilines is 2. The molecular weight excluding hydrogens is 329 g/mol. The third kappa shape index (κ3) is 5.31. The zero-order valence-corrected chi connectivity index (χ0v) is 13.0. The molecule has 0 bridgehead atoms. The maximum atomic E-state index is 13.5. The van der Waals surface area contributed by atoms with Gasteiger partial charge in [-0.1, -0.05) is 18.2 Å². The molecule has 0 saturated heterocycles. The molecule has 0 saturated carbocycles. The number of aldehydes is 1. The first-order valence-corrected chi connectivity index (χ1v) is 7.34. The summed E-state index contributed by atoms with van der Waals surface area (Å²) in [5.74, 6) is -1.14. The molecule has 25 heavy (non-hydrogen) atoms. The number of benzene rings is 2. The molecule has 2 aromatic carbocycles. The molecule has 0 aromatic heterocycles. The molecule has 1 unspecified atom stereocenters. The van der Waals surface area contributed by atoms with Crippen LogP contribution in [0.3, 0.4) is 0 Å². The average molecular weight is 345 g/mol. The molecule has 4 N–H and O–H groups in total. The summed E-state index contributed by atoms with van der Waals surface area (Å²) < 4.78 is 13.5. The molecule has 130 valence electrons. The van der Waals surface area contributed by atoms with Crippen molar-refractivity contribution in [1.82, 2.24) is 5.32 Å². The summed E-state index contributed by atoms with van der Waals surface area (Å²) in [6.45, 7) is -0.0902. The van der Waals surface area contributed by atoms with Gasteiger partial charge in [0.25, 0.3) is 5.91 Å². The van der Waals surface area contributed by atoms with E-state index >= 15 is 0 Å². The molecule has 0 heterocycles. The minimum atomic E-state index is -1.35. The van der Waals surface area contributed by atoms with Crippen LogP contribution in [0.25, 0.3) is 0 Å². The molecule has 0 aliphatic heterocycles. The quantitative estimate of drug-likeness (QED) is 0.576. The van der Waals surface area contributed by atoms with Crippen molar-refractivity contribution in [2.75, 3.05) is 17.2 Å². The van der Waals surface area contributed by atoms with Gasteiger partial charge in [0, 0.05) is 17.9 Å². The van der Waals surface area contributed by atoms with Gasteiger partial charge in [-0.3, -0.25) is 4.79 Å². The Morgan fingerprint density at radius 2 is 1.88 bits per heavy atom. The Bertz CT molecular complexity index is 768. The number of hydrogen-bond donors (Lipinski definition) is 4. The molecule has 0 spiro atoms. The summed E-state index contributed by atoms with van der Waals surface area (Å²) in [4.78, 5) is 33.8. The maximum absolute atomic E-state index is 13.5. The fourth-order valence-corrected chi connectivity index (χ4v) is 2.09. The highest BCUT2D eigenvalue weighted by atomic mass is 19.1. The predicted molar refractivity (Wildman–Crippen MR) is 90.3 cm³/mol. The van der Waals surface area contributed by atoms with Crippen molar-refractivity contribution < 1.29 is 23.9 Å². The van der Waals surface area contributed by atoms with Crippen LogP contribution in [0.4, 0.5) is 20.6 Å². The van der Waals surface area contributed by atoms with Crippen molar-refractivity contribution in [3.63, 3.8) is 0 Å². The number of rotatable bonds is 7. The summed E-state index contributed by atoms with van der Waals surface area (Å²) in [5, 5.41) is 16.1. The highest BCUT2D eigenvalue weighted by molar-refractivity contribution is 6.08. The summed E-state index contributed by atoms with van der Waals surface area (Å²) in [6, 6.07) is 11.2. The normalized spacial score (nSPS) is 11.2. The van der Waals surface area contributed by atoms with Crippen molar-refractivity contribution in [2.24, 2.45) is 0 Å². The zero-order valence-electron chi connectivity index (χ0n) is 13.0. The van der Waals surface area contributed by atoms with Gasteiger partial charge in [0.1, 0.15) is 18.1 Å². The first kappa shape index (κ1) is 17.9. The molecule has 2 rings (SSSR count). The number of nitrogens with one attached hydrogen (secondary N) is 3. The second-order valence-corrected chi connectivity index (χ2v) is 5.08. The number of para-hydroxylation sites is 1. The summed E-state index contributed by atoms with van der Waals surface area (Å²) in [5.41, 5.74) is 0.846. The minimum absolute atomic E-state index is 0.0313. The Kier molecular flexibility index (Phi) is 6.05. The Morgan fingerprint density at radius 1 is 1.16 bits per heavy atom. The van der Waals surface area contributed by atoms with Crippen LogP contribution in [-0.2, 0) is 4.79 Å². The SMILES string of the molecule is O=CC(CNc1ccc(F)cc1C(=O)Nc1ccccc1)NC(=O)O. The minimum Gasteiger partial charge on any atom is -0.465 e. The van der Waals surface area contributed by atoms with Crippen LogP contribution in [0.5, 0.6) is 0 Å². The number of halogens is 1. The average Bonchev–Trinajstić information content (AvgIpc) is 2.59. The van der Waals surface area contributed by atoms with Crippen LogP contribution in [0.2, 0.25) is 0 Å². The van der Waals surface area contributed by atoms with Crippen LogP contribution in [0.15, 0.2) is 48.5 Å². The lowest BCUT2D eigenvalue weighted by atomic mass is 10.1. The van der Waals surface area contributed by atoms with Crippen LogP contribution in [-0.4, -0.2) is 36.0 Å². The molecule has 0 radical (unpaired) electrons. The standard InChI is InChI=1S/C17H16FN3O4/c18-11-6-7-15(19-9-13(10-22)21-17(24)25)14(8-11)16(23)20-12-4-2-1-3-5-12/h1-8,10,13,19,21H,9H2,(H,20,23)(H,24,25). The van der Waals surface area contributed by atoms with E-state index in [0.29, 0.717) is 12.0 Å². The number of carbonyl (C=O) groups excluding carboxylic acids is 2. The van der Waals surface area contributed by atoms with E-state index in [1.165, 1.54) is 6.07 Å². The molecule has 7 nitrogen and oxygen atoms in total. The molecule has 2 amide bonds. The van der Waals surface area contributed by atoms with E-state index in [2.05, 4.69) is 10.6 Å². The van der Waals surface area contributed by atoms with Crippen LogP contribution < -0.4 is 16.0 Å². The van der Waals surface area contributed by atoms with Gasteiger partial charge >= 0.3 is 6.09 Å². The van der Waals surface area contributed by atoms with Gasteiger partial charge in [0.15, 0.2) is 0 Å². The number of carbonyl (C=O) groups is 3. The van der Waals surface area contributed by atoms with Crippen molar-refractivity contribution in [3.8, 4) is 0 Å². The van der Waals surface area contributed by atoms with E-state index in [9.17, 15) is 18.8 Å². The van der Waals surface area contributed by atoms with Gasteiger partial charge in [-0.15, -0.1) is 0 Å². The summed E-state index contributed by atoms with van der Waals surface area (Å²) in [6.07, 6.45) is -0.922. The van der Waals surface area contributed by atoms with Crippen LogP contribution >= 0.6 is 0 Å². The Labute approximate surface area is 142 Å². The first-order valence-electron chi connectivity index (χ1n) is 7.34. The molecule has 0 aliphatic rings. The smallest absolute Gasteiger partial charge is 0.405 e. The third-order valence-electron chi connectivity index (χ3n) is 3.24. The highest BCUT2D eigenvalue weighted by Crippen LogP contribution is 2.19. The van der Waals surface area contributed by atoms with Gasteiger partial charge in [0.05, 0.1) is 5.56 Å². The van der Waals surface area contributed by atoms with E-state index in [1.54, 1.807) is 30.3 Å². The lowest BCUT2D eigenvalue weighted by molar-refractivity contribution is -0.109. The molecule has 8 heteroatoms. The van der Waals surface area contributed by atoms with Crippen LogP contribution in [0.1, 0.15) is 10.4 Å². The monoisotopic (exact) mass is 345 g/mol. The van der Waals surface area contributed by atoms with Gasteiger partial charge in [0.2, 0.25) is 0 Å². The number of hydrogen-bond acceptors (Lipinski definition) is 4. The van der Waals surface area contributed by atoms with Gasteiger partial charge in [-0.05, 0) is 30.3 Å². The predicted octanol–water partition coefficient (Wildman–Crippen LogP) is 2.33. The Morgan fingerprint density at radius 3 is 2.52 bits per heavy atom. The second kappa shape index (κ2) is 8.44. The fourth-order valence-electron chi connectivity index (χ4n) is 2.09. The largest absolute Gasteiger partial charge is 0.465 e. The Balaban J connectivity index is 2.15. The second-order valence-electron chi connectivity index (χ2n) is 5.08. The van der Waals surface area contributed by atoms with Crippen molar-refractivity contribution in [3.05, 3.63) is 59.9 Å². The van der Waals surface area contributed by atoms with E-state index in [1.807, 2.05) is 5.32 Å². The Hall–Kier alpha value is -3.42. The molecular formula is C17H16FN3O4. The lowest BCUT2D eigenvalue weighted by Crippen LogP contribution is -2.40. The number of carboxylic acid groups (broad SMARTS) is 1. The van der Waals surface area contributed by atoms with E-state index in [4.69, 9.17) is 5.11 Å². The summed E-state index contributed by atoms with van der Waals surface area (Å²) >= 11 is 0. The fraction of sp³-hybridized carbons (Fsp3) is 0.118. The lowest BCUT2D eigenvalue weighted by Gasteiger charge is -2.15. The van der Waals surface area contributed by atoms with E-state index < -0.39 is 23.9 Å². The van der Waals surface area contributed by atoms with Crippen molar-refractivity contribution in [1.29, 1.82) is 0 Å². The summed E-state index contributed by atoms with van der Waals surface area (Å²) in [7, 11) is 0. The molecule has 1 atom stereocenters. The van der Waals surface area contributed by atoms with E-state index in [0.717, 1.165) is 12.1 Å². The van der Waals surface area contributed by atoms with Crippen molar-refractivity contribution >= 4 is 29.7 Å². The molecule has 0 fully saturated rings. The third-order valence-corrected chi connectivity index (χ3v) is 3.24. The van der Waals surface area contributed by atoms with Crippen LogP contribution in [0, 0.1) is 5.82 Å².